The summed E-state index contributed by atoms with van der Waals surface area (Å²) < 4.78 is 39.8. The normalized spacial score (nSPS) is 16.6. The molecular weight excluding hydrogens is 487 g/mol. The molecule has 1 amide bonds. The number of nitrogens with one attached hydrogen (secondary N) is 2. The van der Waals surface area contributed by atoms with Gasteiger partial charge in [-0.1, -0.05) is 13.8 Å². The Kier molecular flexibility index (Phi) is 7.36. The second-order valence-electron chi connectivity index (χ2n) is 9.67. The number of rotatable bonds is 6. The molecule has 1 saturated heterocycles. The molecule has 9 nitrogen and oxygen atoms in total. The average molecular weight is 516 g/mol. The first-order valence-electron chi connectivity index (χ1n) is 12.0. The highest BCUT2D eigenvalue weighted by Crippen LogP contribution is 2.35. The maximum absolute atomic E-state index is 13.3. The van der Waals surface area contributed by atoms with Crippen LogP contribution in [0.15, 0.2) is 24.7 Å². The van der Waals surface area contributed by atoms with Gasteiger partial charge in [-0.15, -0.1) is 0 Å². The van der Waals surface area contributed by atoms with Crippen LogP contribution in [-0.2, 0) is 11.0 Å². The van der Waals surface area contributed by atoms with Crippen LogP contribution in [0.25, 0.3) is 22.3 Å². The number of likely N-dealkylation sites (tertiary alicyclic amines) is 1. The molecule has 12 heteroatoms. The number of aliphatic hydroxyl groups is 1. The van der Waals surface area contributed by atoms with Crippen molar-refractivity contribution < 1.29 is 23.1 Å². The van der Waals surface area contributed by atoms with E-state index in [1.807, 2.05) is 13.0 Å². The predicted molar refractivity (Wildman–Crippen MR) is 130 cm³/mol. The van der Waals surface area contributed by atoms with Crippen molar-refractivity contribution in [2.45, 2.75) is 51.9 Å². The lowest BCUT2D eigenvalue weighted by molar-refractivity contribution is -0.143. The molecule has 3 aromatic heterocycles. The van der Waals surface area contributed by atoms with Crippen LogP contribution in [0.4, 0.5) is 19.1 Å². The lowest BCUT2D eigenvalue weighted by Crippen LogP contribution is -2.47. The monoisotopic (exact) mass is 515 g/mol. The van der Waals surface area contributed by atoms with E-state index in [9.17, 15) is 28.3 Å². The summed E-state index contributed by atoms with van der Waals surface area (Å²) in [6, 6.07) is 2.91. The van der Waals surface area contributed by atoms with Crippen LogP contribution in [0, 0.1) is 23.2 Å². The van der Waals surface area contributed by atoms with Crippen molar-refractivity contribution in [2.75, 3.05) is 18.4 Å². The molecule has 0 spiro atoms. The molecule has 0 saturated carbocycles. The van der Waals surface area contributed by atoms with Crippen LogP contribution in [0.2, 0.25) is 0 Å². The molecule has 3 N–H and O–H groups in total. The topological polar surface area (TPSA) is 131 Å². The Morgan fingerprint density at radius 2 is 1.95 bits per heavy atom. The Morgan fingerprint density at radius 1 is 1.24 bits per heavy atom. The van der Waals surface area contributed by atoms with E-state index in [2.05, 4.69) is 25.3 Å². The smallest absolute Gasteiger partial charge is 0.383 e. The van der Waals surface area contributed by atoms with Crippen molar-refractivity contribution in [1.82, 2.24) is 24.8 Å². The number of carbonyl (C=O) groups excluding carboxylic acids is 1. The fourth-order valence-corrected chi connectivity index (χ4v) is 4.51. The zero-order chi connectivity index (χ0) is 26.9. The number of piperidine rings is 1. The van der Waals surface area contributed by atoms with Crippen LogP contribution in [-0.4, -0.2) is 61.1 Å². The molecule has 1 aliphatic heterocycles. The average Bonchev–Trinajstić information content (AvgIpc) is 3.30. The van der Waals surface area contributed by atoms with Gasteiger partial charge in [-0.25, -0.2) is 15.0 Å². The van der Waals surface area contributed by atoms with Crippen LogP contribution in [0.5, 0.6) is 0 Å². The highest BCUT2D eigenvalue weighted by molar-refractivity contribution is 5.94. The van der Waals surface area contributed by atoms with Crippen molar-refractivity contribution in [2.24, 2.45) is 11.8 Å². The molecule has 37 heavy (non-hydrogen) atoms. The number of aromatic amines is 1. The third-order valence-corrected chi connectivity index (χ3v) is 6.82. The van der Waals surface area contributed by atoms with Crippen molar-refractivity contribution in [3.63, 3.8) is 0 Å². The molecule has 1 unspecified atom stereocenters. The van der Waals surface area contributed by atoms with Gasteiger partial charge < -0.3 is 20.3 Å². The van der Waals surface area contributed by atoms with E-state index in [0.717, 1.165) is 25.1 Å². The van der Waals surface area contributed by atoms with E-state index < -0.39 is 17.8 Å². The Balaban J connectivity index is 1.52. The van der Waals surface area contributed by atoms with Gasteiger partial charge >= 0.3 is 6.18 Å². The number of aliphatic hydroxyl groups excluding tert-OH is 1. The van der Waals surface area contributed by atoms with Crippen LogP contribution < -0.4 is 5.32 Å². The minimum atomic E-state index is -4.56. The number of anilines is 1. The Bertz CT molecular complexity index is 1320. The number of pyridine rings is 1. The number of carbonyl (C=O) groups is 1. The SMILES string of the molecule is CC(C)C(O)C(=O)N1CCC([C@@H](C)Nc2ncc(C#N)c(-c3c[nH]c4ncc(C(F)(F)F)cc34)n2)CC1. The van der Waals surface area contributed by atoms with E-state index in [0.29, 0.717) is 18.7 Å². The maximum atomic E-state index is 13.3. The van der Waals surface area contributed by atoms with E-state index in [1.54, 1.807) is 18.7 Å². The van der Waals surface area contributed by atoms with Gasteiger partial charge in [0.05, 0.1) is 23.0 Å². The van der Waals surface area contributed by atoms with E-state index >= 15 is 0 Å². The number of hydrogen-bond donors (Lipinski definition) is 3. The Morgan fingerprint density at radius 3 is 2.57 bits per heavy atom. The Hall–Kier alpha value is -3.72. The second kappa shape index (κ2) is 10.3. The first-order chi connectivity index (χ1) is 17.5. The minimum absolute atomic E-state index is 0.0745. The highest BCUT2D eigenvalue weighted by Gasteiger charge is 2.32. The number of nitrogens with zero attached hydrogens (tertiary/aromatic N) is 5. The molecule has 196 valence electrons. The van der Waals surface area contributed by atoms with Crippen molar-refractivity contribution in [3.8, 4) is 17.3 Å². The first-order valence-corrected chi connectivity index (χ1v) is 12.0. The van der Waals surface area contributed by atoms with Gasteiger partial charge in [0, 0.05) is 42.5 Å². The molecular formula is C25H28F3N7O2. The predicted octanol–water partition coefficient (Wildman–Crippen LogP) is 3.97. The number of fused-ring (bicyclic) bond motifs is 1. The summed E-state index contributed by atoms with van der Waals surface area (Å²) >= 11 is 0. The lowest BCUT2D eigenvalue weighted by Gasteiger charge is -2.36. The van der Waals surface area contributed by atoms with Gasteiger partial charge in [0.15, 0.2) is 0 Å². The quantitative estimate of drug-likeness (QED) is 0.453. The molecule has 2 atom stereocenters. The lowest BCUT2D eigenvalue weighted by atomic mass is 9.90. The molecule has 0 bridgehead atoms. The van der Waals surface area contributed by atoms with Gasteiger partial charge in [-0.05, 0) is 37.7 Å². The van der Waals surface area contributed by atoms with Gasteiger partial charge in [0.2, 0.25) is 5.95 Å². The molecule has 0 aliphatic carbocycles. The molecule has 1 fully saturated rings. The Labute approximate surface area is 211 Å². The first kappa shape index (κ1) is 26.3. The third-order valence-electron chi connectivity index (χ3n) is 6.82. The van der Waals surface area contributed by atoms with Crippen LogP contribution in [0.3, 0.4) is 0 Å². The molecule has 1 aliphatic rings. The van der Waals surface area contributed by atoms with Gasteiger partial charge in [-0.2, -0.15) is 18.4 Å². The standard InChI is InChI=1S/C25H28F3N7O2/c1-13(2)21(36)23(37)35-6-4-15(5-7-35)14(3)33-24-32-10-16(9-29)20(34-24)19-12-31-22-18(19)8-17(11-30-22)25(26,27)28/h8,10-15,21,36H,4-7H2,1-3H3,(H,30,31)(H,32,33,34)/t14-,21?/m1/s1. The minimum Gasteiger partial charge on any atom is -0.383 e. The van der Waals surface area contributed by atoms with Gasteiger partial charge in [0.25, 0.3) is 5.91 Å². The number of amides is 1. The zero-order valence-electron chi connectivity index (χ0n) is 20.7. The number of hydrogen-bond acceptors (Lipinski definition) is 7. The van der Waals surface area contributed by atoms with E-state index in [-0.39, 0.29) is 52.0 Å². The van der Waals surface area contributed by atoms with Gasteiger partial charge in [0.1, 0.15) is 17.8 Å². The molecule has 0 aromatic carbocycles. The molecule has 0 radical (unpaired) electrons. The molecule has 3 aromatic rings. The summed E-state index contributed by atoms with van der Waals surface area (Å²) in [7, 11) is 0. The molecule has 4 heterocycles. The van der Waals surface area contributed by atoms with Crippen molar-refractivity contribution in [3.05, 3.63) is 35.8 Å². The highest BCUT2D eigenvalue weighted by atomic mass is 19.4. The number of alkyl halides is 3. The summed E-state index contributed by atoms with van der Waals surface area (Å²) in [4.78, 5) is 29.5. The number of nitriles is 1. The third kappa shape index (κ3) is 5.51. The largest absolute Gasteiger partial charge is 0.417 e. The fourth-order valence-electron chi connectivity index (χ4n) is 4.51. The van der Waals surface area contributed by atoms with E-state index in [1.165, 1.54) is 12.4 Å². The maximum Gasteiger partial charge on any atom is 0.417 e. The number of aromatic nitrogens is 4. The van der Waals surface area contributed by atoms with Gasteiger partial charge in [-0.3, -0.25) is 4.79 Å². The molecule has 4 rings (SSSR count). The summed E-state index contributed by atoms with van der Waals surface area (Å²) in [6.07, 6.45) is -0.549. The summed E-state index contributed by atoms with van der Waals surface area (Å²) in [6.45, 7) is 6.63. The van der Waals surface area contributed by atoms with Crippen LogP contribution in [0.1, 0.15) is 44.7 Å². The summed E-state index contributed by atoms with van der Waals surface area (Å²) in [5.41, 5.74) is -0.0168. The number of H-pyrrole nitrogens is 1. The number of halogens is 3. The van der Waals surface area contributed by atoms with Crippen molar-refractivity contribution >= 4 is 22.9 Å². The fraction of sp³-hybridized carbons (Fsp3) is 0.480. The summed E-state index contributed by atoms with van der Waals surface area (Å²) in [5.74, 6) is 0.0386. The summed E-state index contributed by atoms with van der Waals surface area (Å²) in [5, 5.41) is 23.1. The van der Waals surface area contributed by atoms with E-state index in [4.69, 9.17) is 0 Å². The zero-order valence-corrected chi connectivity index (χ0v) is 20.7. The van der Waals surface area contributed by atoms with Crippen LogP contribution >= 0.6 is 0 Å². The second-order valence-corrected chi connectivity index (χ2v) is 9.67. The van der Waals surface area contributed by atoms with Crippen molar-refractivity contribution in [1.29, 1.82) is 5.26 Å².